The highest BCUT2D eigenvalue weighted by atomic mass is 35.5. The molecule has 1 heterocycles. The van der Waals surface area contributed by atoms with E-state index in [0.29, 0.717) is 26.5 Å². The molecule has 12 heavy (non-hydrogen) atoms. The molecule has 0 saturated carbocycles. The van der Waals surface area contributed by atoms with Gasteiger partial charge in [-0.05, 0) is 12.1 Å². The smallest absolute Gasteiger partial charge is 0.107 e. The molecule has 0 fully saturated rings. The Morgan fingerprint density at radius 3 is 3.00 bits per heavy atom. The summed E-state index contributed by atoms with van der Waals surface area (Å²) in [6, 6.07) is 3.11. The summed E-state index contributed by atoms with van der Waals surface area (Å²) in [4.78, 5) is 3.82. The average molecular weight is 183 g/mol. The van der Waals surface area contributed by atoms with Crippen molar-refractivity contribution < 1.29 is 0 Å². The second-order valence-electron chi connectivity index (χ2n) is 2.44. The molecule has 2 aromatic rings. The molecule has 0 aliphatic rings. The van der Waals surface area contributed by atoms with Crippen molar-refractivity contribution in [3.8, 4) is 0 Å². The van der Waals surface area contributed by atoms with Gasteiger partial charge in [0.2, 0.25) is 0 Å². The van der Waals surface area contributed by atoms with E-state index in [2.05, 4.69) is 4.98 Å². The molecule has 2 rings (SSSR count). The third-order valence-electron chi connectivity index (χ3n) is 1.59. The molecule has 0 atom stereocenters. The Balaban J connectivity index is 2.92. The number of fused-ring (bicyclic) bond motifs is 1. The highest BCUT2D eigenvalue weighted by Gasteiger charge is 2.02. The largest absolute Gasteiger partial charge is 0.805 e. The van der Waals surface area contributed by atoms with E-state index in [1.807, 2.05) is 0 Å². The van der Waals surface area contributed by atoms with Crippen LogP contribution in [0.15, 0.2) is 18.5 Å². The molecule has 1 aromatic heterocycles. The van der Waals surface area contributed by atoms with Crippen LogP contribution >= 0.6 is 11.6 Å². The monoisotopic (exact) mass is 182 g/mol. The van der Waals surface area contributed by atoms with Crippen molar-refractivity contribution in [2.75, 3.05) is 5.73 Å². The summed E-state index contributed by atoms with van der Waals surface area (Å²) in [5.41, 5.74) is 6.84. The van der Waals surface area contributed by atoms with Crippen LogP contribution in [0.1, 0.15) is 0 Å². The molecule has 0 bridgehead atoms. The number of rotatable bonds is 0. The molecule has 0 unspecified atom stereocenters. The average Bonchev–Trinajstić information content (AvgIpc) is 2.33. The van der Waals surface area contributed by atoms with E-state index in [0.717, 1.165) is 6.33 Å². The molecular weight excluding hydrogens is 178 g/mol. The third kappa shape index (κ3) is 0.887. The minimum atomic E-state index is 0.402. The summed E-state index contributed by atoms with van der Waals surface area (Å²) >= 11 is 5.78. The Hall–Kier alpha value is -1.42. The van der Waals surface area contributed by atoms with Crippen LogP contribution in [0.5, 0.6) is 0 Å². The molecule has 0 radical (unpaired) electrons. The van der Waals surface area contributed by atoms with Gasteiger partial charge in [0.15, 0.2) is 0 Å². The van der Waals surface area contributed by atoms with Gasteiger partial charge in [-0.1, -0.05) is 11.6 Å². The van der Waals surface area contributed by atoms with Gasteiger partial charge in [0, 0.05) is 5.69 Å². The van der Waals surface area contributed by atoms with Crippen molar-refractivity contribution in [2.24, 2.45) is 0 Å². The fourth-order valence-corrected chi connectivity index (χ4v) is 1.34. The van der Waals surface area contributed by atoms with Crippen LogP contribution in [0.2, 0.25) is 5.02 Å². The van der Waals surface area contributed by atoms with E-state index in [9.17, 15) is 5.21 Å². The molecule has 1 aromatic carbocycles. The first-order valence-electron chi connectivity index (χ1n) is 3.28. The summed E-state index contributed by atoms with van der Waals surface area (Å²) in [5.74, 6) is 0. The van der Waals surface area contributed by atoms with Crippen molar-refractivity contribution in [1.82, 2.24) is 9.71 Å². The Morgan fingerprint density at radius 2 is 2.25 bits per heavy atom. The van der Waals surface area contributed by atoms with Gasteiger partial charge < -0.3 is 15.7 Å². The molecule has 2 N–H and O–H groups in total. The van der Waals surface area contributed by atoms with Crippen molar-refractivity contribution in [2.45, 2.75) is 0 Å². The topological polar surface area (TPSA) is 66.9 Å². The Kier molecular flexibility index (Phi) is 1.38. The zero-order chi connectivity index (χ0) is 8.72. The third-order valence-corrected chi connectivity index (χ3v) is 1.88. The Labute approximate surface area is 73.1 Å². The Morgan fingerprint density at radius 1 is 1.50 bits per heavy atom. The van der Waals surface area contributed by atoms with Crippen molar-refractivity contribution >= 4 is 28.3 Å². The van der Waals surface area contributed by atoms with E-state index in [-0.39, 0.29) is 0 Å². The maximum absolute atomic E-state index is 11.0. The maximum Gasteiger partial charge on any atom is 0.107 e. The first-order chi connectivity index (χ1) is 5.68. The zero-order valence-corrected chi connectivity index (χ0v) is 6.75. The predicted octanol–water partition coefficient (Wildman–Crippen LogP) is 1.62. The number of imidazole rings is 1. The van der Waals surface area contributed by atoms with E-state index in [4.69, 9.17) is 17.3 Å². The van der Waals surface area contributed by atoms with Crippen molar-refractivity contribution in [3.63, 3.8) is 0 Å². The van der Waals surface area contributed by atoms with E-state index >= 15 is 0 Å². The minimum Gasteiger partial charge on any atom is -0.805 e. The minimum absolute atomic E-state index is 0.402. The second kappa shape index (κ2) is 2.28. The summed E-state index contributed by atoms with van der Waals surface area (Å²) < 4.78 is 0.636. The van der Waals surface area contributed by atoms with Gasteiger partial charge in [-0.15, -0.1) is 0 Å². The van der Waals surface area contributed by atoms with E-state index < -0.39 is 0 Å². The highest BCUT2D eigenvalue weighted by molar-refractivity contribution is 6.35. The fraction of sp³-hybridized carbons (Fsp3) is 0. The van der Waals surface area contributed by atoms with Gasteiger partial charge in [0.25, 0.3) is 0 Å². The number of hydrogen-bond donors (Lipinski definition) is 1. The van der Waals surface area contributed by atoms with E-state index in [1.54, 1.807) is 12.1 Å². The predicted molar refractivity (Wildman–Crippen MR) is 47.9 cm³/mol. The molecule has 0 aliphatic heterocycles. The van der Waals surface area contributed by atoms with Gasteiger partial charge in [0.1, 0.15) is 5.52 Å². The molecule has 0 saturated heterocycles. The van der Waals surface area contributed by atoms with Crippen LogP contribution in [-0.4, -0.2) is 9.71 Å². The summed E-state index contributed by atoms with van der Waals surface area (Å²) in [5, 5.41) is 11.4. The molecule has 4 nitrogen and oxygen atoms in total. The lowest BCUT2D eigenvalue weighted by molar-refractivity contribution is 1.11. The van der Waals surface area contributed by atoms with E-state index in [1.165, 1.54) is 0 Å². The summed E-state index contributed by atoms with van der Waals surface area (Å²) in [6.07, 6.45) is 1.16. The van der Waals surface area contributed by atoms with Gasteiger partial charge in [-0.3, -0.25) is 0 Å². The van der Waals surface area contributed by atoms with Crippen LogP contribution in [0.4, 0.5) is 5.69 Å². The lowest BCUT2D eigenvalue weighted by atomic mass is 10.3. The first kappa shape index (κ1) is 7.24. The van der Waals surface area contributed by atoms with Gasteiger partial charge >= 0.3 is 0 Å². The summed E-state index contributed by atoms with van der Waals surface area (Å²) in [6.45, 7) is 0. The standard InChI is InChI=1S/C7H5ClN3O/c8-5-1-4(9)2-6-7(5)10-3-11(6)12/h1-3H,9H2/q-1. The normalized spacial score (nSPS) is 10.8. The van der Waals surface area contributed by atoms with Crippen LogP contribution < -0.4 is 5.73 Å². The lowest BCUT2D eigenvalue weighted by Gasteiger charge is -2.06. The van der Waals surface area contributed by atoms with Gasteiger partial charge in [-0.2, -0.15) is 0 Å². The highest BCUT2D eigenvalue weighted by Crippen LogP contribution is 2.24. The molecular formula is C7H5ClN3O-. The number of benzene rings is 1. The number of halogens is 1. The molecule has 62 valence electrons. The van der Waals surface area contributed by atoms with Crippen molar-refractivity contribution in [3.05, 3.63) is 28.7 Å². The number of nitrogens with zero attached hydrogens (tertiary/aromatic N) is 2. The molecule has 0 amide bonds. The molecule has 0 spiro atoms. The number of aromatic nitrogens is 2. The van der Waals surface area contributed by atoms with Crippen LogP contribution in [-0.2, 0) is 0 Å². The first-order valence-corrected chi connectivity index (χ1v) is 3.66. The Bertz CT molecular complexity index is 437. The van der Waals surface area contributed by atoms with Crippen LogP contribution in [0, 0.1) is 5.21 Å². The van der Waals surface area contributed by atoms with Crippen molar-refractivity contribution in [1.29, 1.82) is 0 Å². The lowest BCUT2D eigenvalue weighted by Crippen LogP contribution is -1.87. The molecule has 0 aliphatic carbocycles. The zero-order valence-electron chi connectivity index (χ0n) is 5.99. The van der Waals surface area contributed by atoms with Crippen LogP contribution in [0.3, 0.4) is 0 Å². The number of anilines is 1. The maximum atomic E-state index is 11.0. The van der Waals surface area contributed by atoms with Crippen LogP contribution in [0.25, 0.3) is 11.0 Å². The summed E-state index contributed by atoms with van der Waals surface area (Å²) in [7, 11) is 0. The number of hydrogen-bond acceptors (Lipinski definition) is 3. The quantitative estimate of drug-likeness (QED) is 0.630. The fourth-order valence-electron chi connectivity index (χ4n) is 1.07. The second-order valence-corrected chi connectivity index (χ2v) is 2.85. The van der Waals surface area contributed by atoms with Gasteiger partial charge in [-0.25, -0.2) is 4.98 Å². The number of nitrogens with two attached hydrogens (primary N) is 1. The van der Waals surface area contributed by atoms with Gasteiger partial charge in [0.05, 0.1) is 16.9 Å². The molecule has 5 heteroatoms. The SMILES string of the molecule is Nc1cc(Cl)c2ncn([O-])c2c1. The number of nitrogen functional groups attached to an aromatic ring is 1.